The molecule has 0 aliphatic heterocycles. The normalized spacial score (nSPS) is 15.3. The van der Waals surface area contributed by atoms with Crippen molar-refractivity contribution in [3.8, 4) is 0 Å². The summed E-state index contributed by atoms with van der Waals surface area (Å²) in [5.74, 6) is -3.35. The number of Topliss-reactive ketones (excluding diaryl/α,β-unsaturated/α-hetero) is 1. The fourth-order valence-electron chi connectivity index (χ4n) is 1.18. The van der Waals surface area contributed by atoms with E-state index in [9.17, 15) is 26.7 Å². The smallest absolute Gasteiger partial charge is 0.312 e. The summed E-state index contributed by atoms with van der Waals surface area (Å²) >= 11 is 0. The van der Waals surface area contributed by atoms with Gasteiger partial charge in [-0.1, -0.05) is 6.07 Å². The minimum Gasteiger partial charge on any atom is -0.312 e. The van der Waals surface area contributed by atoms with Crippen molar-refractivity contribution in [1.82, 2.24) is 0 Å². The lowest BCUT2D eigenvalue weighted by atomic mass is 9.92. The van der Waals surface area contributed by atoms with E-state index in [4.69, 9.17) is 5.73 Å². The quantitative estimate of drug-likeness (QED) is 0.854. The Hall–Kier alpha value is -1.50. The maximum absolute atomic E-state index is 13.2. The van der Waals surface area contributed by atoms with Crippen molar-refractivity contribution < 1.29 is 26.7 Å². The molecule has 1 atom stereocenters. The molecule has 100 valence electrons. The SMILES string of the molecule is CC(N)(C(=O)Cc1ccc(F)cc1F)C(F)(F)F. The van der Waals surface area contributed by atoms with E-state index in [1.807, 2.05) is 0 Å². The molecule has 1 aromatic rings. The zero-order valence-electron chi connectivity index (χ0n) is 9.31. The molecule has 0 saturated carbocycles. The van der Waals surface area contributed by atoms with Crippen LogP contribution in [0, 0.1) is 11.6 Å². The van der Waals surface area contributed by atoms with Crippen LogP contribution >= 0.6 is 0 Å². The minimum absolute atomic E-state index is 0.331. The standard InChI is InChI=1S/C11H10F5NO/c1-10(17,11(14,15)16)9(18)4-6-2-3-7(12)5-8(6)13/h2-3,5H,4,17H2,1H3. The molecular weight excluding hydrogens is 257 g/mol. The van der Waals surface area contributed by atoms with Crippen LogP contribution in [0.1, 0.15) is 12.5 Å². The lowest BCUT2D eigenvalue weighted by Crippen LogP contribution is -2.57. The van der Waals surface area contributed by atoms with Crippen molar-refractivity contribution in [3.63, 3.8) is 0 Å². The monoisotopic (exact) mass is 267 g/mol. The molecule has 0 heterocycles. The van der Waals surface area contributed by atoms with E-state index in [1.165, 1.54) is 0 Å². The number of carbonyl (C=O) groups is 1. The zero-order chi connectivity index (χ0) is 14.1. The van der Waals surface area contributed by atoms with Crippen molar-refractivity contribution in [2.75, 3.05) is 0 Å². The minimum atomic E-state index is -4.93. The highest BCUT2D eigenvalue weighted by molar-refractivity contribution is 5.90. The molecule has 0 bridgehead atoms. The highest BCUT2D eigenvalue weighted by Gasteiger charge is 2.53. The molecule has 0 aliphatic rings. The second-order valence-corrected chi connectivity index (χ2v) is 4.04. The predicted octanol–water partition coefficient (Wildman–Crippen LogP) is 2.36. The van der Waals surface area contributed by atoms with Crippen molar-refractivity contribution in [2.45, 2.75) is 25.1 Å². The van der Waals surface area contributed by atoms with Gasteiger partial charge in [0.2, 0.25) is 0 Å². The van der Waals surface area contributed by atoms with E-state index >= 15 is 0 Å². The third-order valence-corrected chi connectivity index (χ3v) is 2.53. The fourth-order valence-corrected chi connectivity index (χ4v) is 1.18. The van der Waals surface area contributed by atoms with Crippen LogP contribution in [0.4, 0.5) is 22.0 Å². The molecule has 0 aliphatic carbocycles. The van der Waals surface area contributed by atoms with Gasteiger partial charge in [-0.05, 0) is 18.6 Å². The summed E-state index contributed by atoms with van der Waals surface area (Å²) in [6.07, 6.45) is -5.78. The van der Waals surface area contributed by atoms with Crippen LogP contribution in [-0.4, -0.2) is 17.5 Å². The van der Waals surface area contributed by atoms with E-state index in [-0.39, 0.29) is 5.56 Å². The number of benzene rings is 1. The predicted molar refractivity (Wildman–Crippen MR) is 53.7 cm³/mol. The van der Waals surface area contributed by atoms with Crippen molar-refractivity contribution in [1.29, 1.82) is 0 Å². The van der Waals surface area contributed by atoms with Gasteiger partial charge in [0.15, 0.2) is 11.3 Å². The fraction of sp³-hybridized carbons (Fsp3) is 0.364. The van der Waals surface area contributed by atoms with E-state index in [2.05, 4.69) is 0 Å². The molecule has 0 fully saturated rings. The molecule has 7 heteroatoms. The zero-order valence-corrected chi connectivity index (χ0v) is 9.31. The number of carbonyl (C=O) groups excluding carboxylic acids is 1. The van der Waals surface area contributed by atoms with Crippen LogP contribution in [0.25, 0.3) is 0 Å². The van der Waals surface area contributed by atoms with Gasteiger partial charge in [0.05, 0.1) is 0 Å². The molecule has 1 rings (SSSR count). The van der Waals surface area contributed by atoms with E-state index in [0.29, 0.717) is 13.0 Å². The summed E-state index contributed by atoms with van der Waals surface area (Å²) in [5, 5.41) is 0. The van der Waals surface area contributed by atoms with Crippen LogP contribution in [0.15, 0.2) is 18.2 Å². The van der Waals surface area contributed by atoms with Crippen LogP contribution in [0.5, 0.6) is 0 Å². The number of halogens is 5. The Morgan fingerprint density at radius 1 is 1.28 bits per heavy atom. The number of alkyl halides is 3. The lowest BCUT2D eigenvalue weighted by Gasteiger charge is -2.26. The van der Waals surface area contributed by atoms with Crippen LogP contribution in [-0.2, 0) is 11.2 Å². The van der Waals surface area contributed by atoms with Gasteiger partial charge < -0.3 is 5.73 Å². The molecular formula is C11H10F5NO. The highest BCUT2D eigenvalue weighted by atomic mass is 19.4. The molecule has 2 nitrogen and oxygen atoms in total. The van der Waals surface area contributed by atoms with E-state index in [0.717, 1.165) is 12.1 Å². The molecule has 0 spiro atoms. The summed E-state index contributed by atoms with van der Waals surface area (Å²) in [4.78, 5) is 11.4. The van der Waals surface area contributed by atoms with Gasteiger partial charge in [0, 0.05) is 12.5 Å². The molecule has 0 aromatic heterocycles. The average molecular weight is 267 g/mol. The topological polar surface area (TPSA) is 43.1 Å². The van der Waals surface area contributed by atoms with E-state index < -0.39 is 35.6 Å². The summed E-state index contributed by atoms with van der Waals surface area (Å²) in [5.41, 5.74) is 1.50. The second kappa shape index (κ2) is 4.64. The first-order chi connectivity index (χ1) is 8.05. The van der Waals surface area contributed by atoms with Crippen molar-refractivity contribution in [2.24, 2.45) is 5.73 Å². The summed E-state index contributed by atoms with van der Waals surface area (Å²) in [6.45, 7) is 0.511. The molecule has 1 aromatic carbocycles. The van der Waals surface area contributed by atoms with Gasteiger partial charge in [0.25, 0.3) is 0 Å². The van der Waals surface area contributed by atoms with Gasteiger partial charge in [-0.25, -0.2) is 8.78 Å². The summed E-state index contributed by atoms with van der Waals surface area (Å²) in [6, 6.07) is 2.26. The van der Waals surface area contributed by atoms with Gasteiger partial charge >= 0.3 is 6.18 Å². The molecule has 18 heavy (non-hydrogen) atoms. The van der Waals surface area contributed by atoms with Gasteiger partial charge in [-0.3, -0.25) is 4.79 Å². The number of hydrogen-bond donors (Lipinski definition) is 1. The Balaban J connectivity index is 2.95. The number of rotatable bonds is 3. The maximum Gasteiger partial charge on any atom is 0.413 e. The first kappa shape index (κ1) is 14.6. The summed E-state index contributed by atoms with van der Waals surface area (Å²) < 4.78 is 63.1. The van der Waals surface area contributed by atoms with Gasteiger partial charge in [-0.2, -0.15) is 13.2 Å². The largest absolute Gasteiger partial charge is 0.413 e. The molecule has 2 N–H and O–H groups in total. The Kier molecular flexibility index (Phi) is 3.75. The molecule has 0 radical (unpaired) electrons. The van der Waals surface area contributed by atoms with Crippen molar-refractivity contribution in [3.05, 3.63) is 35.4 Å². The van der Waals surface area contributed by atoms with Gasteiger partial charge in [0.1, 0.15) is 11.6 Å². The third kappa shape index (κ3) is 2.84. The molecule has 0 amide bonds. The second-order valence-electron chi connectivity index (χ2n) is 4.04. The first-order valence-corrected chi connectivity index (χ1v) is 4.88. The highest BCUT2D eigenvalue weighted by Crippen LogP contribution is 2.29. The Labute approximate surface area is 99.6 Å². The lowest BCUT2D eigenvalue weighted by molar-refractivity contribution is -0.185. The Morgan fingerprint density at radius 2 is 1.83 bits per heavy atom. The van der Waals surface area contributed by atoms with Crippen LogP contribution in [0.3, 0.4) is 0 Å². The maximum atomic E-state index is 13.2. The number of ketones is 1. The van der Waals surface area contributed by atoms with Crippen molar-refractivity contribution >= 4 is 5.78 Å². The molecule has 1 unspecified atom stereocenters. The van der Waals surface area contributed by atoms with Gasteiger partial charge in [-0.15, -0.1) is 0 Å². The molecule has 0 saturated heterocycles. The first-order valence-electron chi connectivity index (χ1n) is 4.88. The number of hydrogen-bond acceptors (Lipinski definition) is 2. The Morgan fingerprint density at radius 3 is 2.28 bits per heavy atom. The Bertz CT molecular complexity index is 467. The average Bonchev–Trinajstić information content (AvgIpc) is 2.20. The van der Waals surface area contributed by atoms with Crippen LogP contribution in [0.2, 0.25) is 0 Å². The van der Waals surface area contributed by atoms with Crippen LogP contribution < -0.4 is 5.73 Å². The summed E-state index contributed by atoms with van der Waals surface area (Å²) in [7, 11) is 0. The third-order valence-electron chi connectivity index (χ3n) is 2.53. The number of nitrogens with two attached hydrogens (primary N) is 1. The van der Waals surface area contributed by atoms with E-state index in [1.54, 1.807) is 0 Å².